The quantitative estimate of drug-likeness (QED) is 0.275. The van der Waals surface area contributed by atoms with Gasteiger partial charge in [-0.15, -0.1) is 22.7 Å². The molecule has 1 N–H and O–H groups in total. The summed E-state index contributed by atoms with van der Waals surface area (Å²) in [6.45, 7) is 0. The van der Waals surface area contributed by atoms with Gasteiger partial charge in [0.05, 0.1) is 30.8 Å². The van der Waals surface area contributed by atoms with Crippen LogP contribution in [0.4, 0.5) is 0 Å². The predicted octanol–water partition coefficient (Wildman–Crippen LogP) is 5.97. The van der Waals surface area contributed by atoms with E-state index < -0.39 is 0 Å². The number of rotatable bonds is 4. The molecule has 0 amide bonds. The number of aromatic amines is 1. The van der Waals surface area contributed by atoms with Crippen molar-refractivity contribution in [2.24, 2.45) is 0 Å². The molecule has 0 saturated heterocycles. The number of H-pyrrole nitrogens is 1. The van der Waals surface area contributed by atoms with Crippen LogP contribution in [0.1, 0.15) is 10.6 Å². The SMILES string of the molecule is O=c1[nH]/c(=C\c2nc3cc(Cl)ccc3s2)s/c1=C\c1cn(-c2ccccc2)nc1-c1ccc(Br)cc1. The van der Waals surface area contributed by atoms with Gasteiger partial charge in [-0.05, 0) is 48.5 Å². The maximum Gasteiger partial charge on any atom is 0.266 e. The number of benzene rings is 3. The van der Waals surface area contributed by atoms with Gasteiger partial charge in [0.1, 0.15) is 5.01 Å². The van der Waals surface area contributed by atoms with Crippen molar-refractivity contribution in [3.05, 3.63) is 119 Å². The van der Waals surface area contributed by atoms with Gasteiger partial charge < -0.3 is 4.98 Å². The zero-order chi connectivity index (χ0) is 24.6. The second kappa shape index (κ2) is 9.63. The summed E-state index contributed by atoms with van der Waals surface area (Å²) in [5, 5.41) is 6.31. The Hall–Kier alpha value is -3.30. The van der Waals surface area contributed by atoms with E-state index in [1.807, 2.05) is 95.8 Å². The first kappa shape index (κ1) is 23.1. The molecular weight excluding hydrogens is 576 g/mol. The van der Waals surface area contributed by atoms with Crippen molar-refractivity contribution in [3.8, 4) is 16.9 Å². The van der Waals surface area contributed by atoms with Crippen molar-refractivity contribution < 1.29 is 0 Å². The maximum atomic E-state index is 12.9. The maximum absolute atomic E-state index is 12.9. The van der Waals surface area contributed by atoms with E-state index in [2.05, 4.69) is 25.9 Å². The van der Waals surface area contributed by atoms with E-state index in [0.717, 1.165) is 46.9 Å². The summed E-state index contributed by atoms with van der Waals surface area (Å²) in [5.41, 5.74) is 4.26. The minimum absolute atomic E-state index is 0.148. The fraction of sp³-hybridized carbons (Fsp3) is 0. The molecule has 9 heteroatoms. The van der Waals surface area contributed by atoms with Gasteiger partial charge in [0.25, 0.3) is 5.56 Å². The third-order valence-electron chi connectivity index (χ3n) is 5.47. The number of hydrogen-bond acceptors (Lipinski definition) is 5. The molecule has 3 heterocycles. The molecule has 0 atom stereocenters. The van der Waals surface area contributed by atoms with Crippen molar-refractivity contribution in [2.45, 2.75) is 0 Å². The van der Waals surface area contributed by atoms with Crippen LogP contribution in [-0.2, 0) is 0 Å². The lowest BCUT2D eigenvalue weighted by atomic mass is 10.1. The zero-order valence-corrected chi connectivity index (χ0v) is 22.5. The highest BCUT2D eigenvalue weighted by Crippen LogP contribution is 2.27. The molecule has 0 fully saturated rings. The number of thiazole rings is 2. The van der Waals surface area contributed by atoms with Crippen molar-refractivity contribution in [2.75, 3.05) is 0 Å². The van der Waals surface area contributed by atoms with Crippen molar-refractivity contribution in [1.82, 2.24) is 19.7 Å². The van der Waals surface area contributed by atoms with E-state index >= 15 is 0 Å². The zero-order valence-electron chi connectivity index (χ0n) is 18.5. The first-order valence-electron chi connectivity index (χ1n) is 10.9. The van der Waals surface area contributed by atoms with Gasteiger partial charge in [-0.3, -0.25) is 4.79 Å². The third kappa shape index (κ3) is 4.73. The van der Waals surface area contributed by atoms with Gasteiger partial charge in [-0.2, -0.15) is 5.10 Å². The third-order valence-corrected chi connectivity index (χ3v) is 8.18. The average molecular weight is 592 g/mol. The lowest BCUT2D eigenvalue weighted by Crippen LogP contribution is -2.19. The fourth-order valence-electron chi connectivity index (χ4n) is 3.80. The molecule has 3 aromatic carbocycles. The molecule has 0 saturated carbocycles. The molecule has 3 aromatic heterocycles. The number of fused-ring (bicyclic) bond motifs is 1. The molecule has 0 bridgehead atoms. The molecule has 0 aliphatic carbocycles. The number of nitrogens with zero attached hydrogens (tertiary/aromatic N) is 3. The van der Waals surface area contributed by atoms with E-state index in [4.69, 9.17) is 16.7 Å². The van der Waals surface area contributed by atoms with E-state index in [-0.39, 0.29) is 5.56 Å². The Balaban J connectivity index is 1.46. The van der Waals surface area contributed by atoms with Crippen molar-refractivity contribution >= 4 is 72.6 Å². The molecular formula is C27H16BrClN4OS2. The van der Waals surface area contributed by atoms with E-state index in [9.17, 15) is 4.79 Å². The van der Waals surface area contributed by atoms with Crippen LogP contribution in [0.2, 0.25) is 5.02 Å². The molecule has 6 aromatic rings. The molecule has 0 aliphatic rings. The Morgan fingerprint density at radius 2 is 1.78 bits per heavy atom. The summed E-state index contributed by atoms with van der Waals surface area (Å²) in [6, 6.07) is 23.6. The molecule has 0 spiro atoms. The van der Waals surface area contributed by atoms with Crippen LogP contribution in [0.5, 0.6) is 0 Å². The summed E-state index contributed by atoms with van der Waals surface area (Å²) >= 11 is 12.5. The average Bonchev–Trinajstić information content (AvgIpc) is 3.57. The van der Waals surface area contributed by atoms with E-state index in [0.29, 0.717) is 9.55 Å². The Kier molecular flexibility index (Phi) is 6.18. The van der Waals surface area contributed by atoms with Crippen LogP contribution in [0.25, 0.3) is 39.3 Å². The van der Waals surface area contributed by atoms with Crippen molar-refractivity contribution in [3.63, 3.8) is 0 Å². The minimum atomic E-state index is -0.148. The topological polar surface area (TPSA) is 63.6 Å². The van der Waals surface area contributed by atoms with Crippen LogP contribution >= 0.6 is 50.2 Å². The minimum Gasteiger partial charge on any atom is -0.313 e. The van der Waals surface area contributed by atoms with Gasteiger partial charge in [-0.25, -0.2) is 9.67 Å². The van der Waals surface area contributed by atoms with Crippen LogP contribution < -0.4 is 14.8 Å². The van der Waals surface area contributed by atoms with E-state index in [1.54, 1.807) is 11.3 Å². The first-order valence-corrected chi connectivity index (χ1v) is 13.7. The van der Waals surface area contributed by atoms with Crippen LogP contribution in [0, 0.1) is 0 Å². The summed E-state index contributed by atoms with van der Waals surface area (Å²) in [6.07, 6.45) is 5.74. The number of hydrogen-bond donors (Lipinski definition) is 1. The standard InChI is InChI=1S/C27H16BrClN4OS2/c28-18-8-6-16(7-9-18)26-17(15-33(32-26)20-4-2-1-3-5-20)12-23-27(34)31-25(36-23)14-24-30-21-13-19(29)10-11-22(21)35-24/h1-15H,(H,31,34)/b23-12-,25-14+. The van der Waals surface area contributed by atoms with Crippen LogP contribution in [0.15, 0.2) is 88.3 Å². The molecule has 36 heavy (non-hydrogen) atoms. The summed E-state index contributed by atoms with van der Waals surface area (Å²) < 4.78 is 5.20. The van der Waals surface area contributed by atoms with Gasteiger partial charge in [0.15, 0.2) is 0 Å². The van der Waals surface area contributed by atoms with Crippen LogP contribution in [-0.4, -0.2) is 19.7 Å². The predicted molar refractivity (Wildman–Crippen MR) is 153 cm³/mol. The highest BCUT2D eigenvalue weighted by Gasteiger charge is 2.12. The Morgan fingerprint density at radius 3 is 2.58 bits per heavy atom. The van der Waals surface area contributed by atoms with Gasteiger partial charge in [0, 0.05) is 32.9 Å². The van der Waals surface area contributed by atoms with Gasteiger partial charge in [0.2, 0.25) is 0 Å². The second-order valence-electron chi connectivity index (χ2n) is 7.96. The number of para-hydroxylation sites is 1. The number of halogens is 2. The molecule has 0 unspecified atom stereocenters. The fourth-order valence-corrected chi connectivity index (χ4v) is 6.07. The highest BCUT2D eigenvalue weighted by molar-refractivity contribution is 9.10. The second-order valence-corrected chi connectivity index (χ2v) is 11.5. The monoisotopic (exact) mass is 590 g/mol. The Morgan fingerprint density at radius 1 is 0.972 bits per heavy atom. The molecule has 5 nitrogen and oxygen atoms in total. The molecule has 6 rings (SSSR count). The van der Waals surface area contributed by atoms with Gasteiger partial charge >= 0.3 is 0 Å². The normalized spacial score (nSPS) is 12.6. The largest absolute Gasteiger partial charge is 0.313 e. The summed E-state index contributed by atoms with van der Waals surface area (Å²) in [5.74, 6) is 0. The summed E-state index contributed by atoms with van der Waals surface area (Å²) in [4.78, 5) is 20.4. The first-order chi connectivity index (χ1) is 17.5. The number of nitrogens with one attached hydrogen (secondary N) is 1. The molecule has 0 aliphatic heterocycles. The van der Waals surface area contributed by atoms with Gasteiger partial charge in [-0.1, -0.05) is 57.9 Å². The molecule has 176 valence electrons. The smallest absolute Gasteiger partial charge is 0.266 e. The highest BCUT2D eigenvalue weighted by atomic mass is 79.9. The summed E-state index contributed by atoms with van der Waals surface area (Å²) in [7, 11) is 0. The van der Waals surface area contributed by atoms with E-state index in [1.165, 1.54) is 11.3 Å². The number of aromatic nitrogens is 4. The lowest BCUT2D eigenvalue weighted by molar-refractivity contribution is 0.884. The Bertz CT molecular complexity index is 1890. The van der Waals surface area contributed by atoms with Crippen LogP contribution in [0.3, 0.4) is 0 Å². The van der Waals surface area contributed by atoms with Crippen molar-refractivity contribution in [1.29, 1.82) is 0 Å². The molecule has 0 radical (unpaired) electrons. The lowest BCUT2D eigenvalue weighted by Gasteiger charge is -2.00. The Labute approximate surface area is 226 Å².